The van der Waals surface area contributed by atoms with E-state index < -0.39 is 0 Å². The van der Waals surface area contributed by atoms with E-state index in [0.717, 1.165) is 24.1 Å². The molecule has 0 radical (unpaired) electrons. The van der Waals surface area contributed by atoms with Gasteiger partial charge in [-0.15, -0.1) is 5.10 Å². The van der Waals surface area contributed by atoms with Crippen molar-refractivity contribution in [1.82, 2.24) is 19.9 Å². The van der Waals surface area contributed by atoms with Crippen molar-refractivity contribution in [3.8, 4) is 0 Å². The molecule has 0 bridgehead atoms. The standard InChI is InChI=1S/C13H17N5O/c1-9-2-5-11-16-13(17-18(11)8-9)15-7-6-14-12(19)10-3-4-10/h2,5,8,10H,3-4,6-7H2,1H3,(H,14,19)(H,15,17). The maximum Gasteiger partial charge on any atom is 0.243 e. The van der Waals surface area contributed by atoms with Crippen LogP contribution in [-0.2, 0) is 4.79 Å². The molecule has 1 amide bonds. The van der Waals surface area contributed by atoms with Crippen LogP contribution in [0.1, 0.15) is 18.4 Å². The van der Waals surface area contributed by atoms with Gasteiger partial charge in [-0.2, -0.15) is 4.98 Å². The van der Waals surface area contributed by atoms with Crippen LogP contribution in [0.15, 0.2) is 18.3 Å². The lowest BCUT2D eigenvalue weighted by Crippen LogP contribution is -2.29. The third-order valence-corrected chi connectivity index (χ3v) is 3.13. The molecular weight excluding hydrogens is 242 g/mol. The fourth-order valence-corrected chi connectivity index (χ4v) is 1.91. The van der Waals surface area contributed by atoms with Gasteiger partial charge in [0.05, 0.1) is 0 Å². The van der Waals surface area contributed by atoms with Crippen LogP contribution in [0, 0.1) is 12.8 Å². The zero-order valence-electron chi connectivity index (χ0n) is 10.9. The summed E-state index contributed by atoms with van der Waals surface area (Å²) in [6, 6.07) is 3.94. The molecule has 2 N–H and O–H groups in total. The van der Waals surface area contributed by atoms with Crippen molar-refractivity contribution in [3.05, 3.63) is 23.9 Å². The third kappa shape index (κ3) is 2.83. The number of aromatic nitrogens is 3. The van der Waals surface area contributed by atoms with Crippen LogP contribution in [-0.4, -0.2) is 33.6 Å². The number of aryl methyl sites for hydroxylation is 1. The molecule has 0 atom stereocenters. The molecule has 1 aliphatic carbocycles. The normalized spacial score (nSPS) is 14.6. The molecule has 19 heavy (non-hydrogen) atoms. The van der Waals surface area contributed by atoms with E-state index in [2.05, 4.69) is 20.7 Å². The van der Waals surface area contributed by atoms with E-state index in [0.29, 0.717) is 19.0 Å². The Morgan fingerprint density at radius 3 is 3.05 bits per heavy atom. The van der Waals surface area contributed by atoms with E-state index in [1.54, 1.807) is 4.52 Å². The van der Waals surface area contributed by atoms with Crippen molar-refractivity contribution in [2.75, 3.05) is 18.4 Å². The molecular formula is C13H17N5O. The van der Waals surface area contributed by atoms with Gasteiger partial charge < -0.3 is 10.6 Å². The third-order valence-electron chi connectivity index (χ3n) is 3.13. The molecule has 3 rings (SSSR count). The number of rotatable bonds is 5. The monoisotopic (exact) mass is 259 g/mol. The largest absolute Gasteiger partial charge is 0.354 e. The number of pyridine rings is 1. The Kier molecular flexibility index (Phi) is 3.06. The smallest absolute Gasteiger partial charge is 0.243 e. The van der Waals surface area contributed by atoms with E-state index >= 15 is 0 Å². The minimum Gasteiger partial charge on any atom is -0.354 e. The molecule has 0 aromatic carbocycles. The molecule has 0 aliphatic heterocycles. The van der Waals surface area contributed by atoms with Crippen molar-refractivity contribution in [3.63, 3.8) is 0 Å². The predicted molar refractivity (Wildman–Crippen MR) is 71.9 cm³/mol. The van der Waals surface area contributed by atoms with Gasteiger partial charge in [0.1, 0.15) is 0 Å². The average molecular weight is 259 g/mol. The molecule has 2 aromatic heterocycles. The highest BCUT2D eigenvalue weighted by atomic mass is 16.2. The summed E-state index contributed by atoms with van der Waals surface area (Å²) in [5.41, 5.74) is 1.95. The first-order chi connectivity index (χ1) is 9.22. The Morgan fingerprint density at radius 2 is 2.26 bits per heavy atom. The lowest BCUT2D eigenvalue weighted by molar-refractivity contribution is -0.122. The Hall–Kier alpha value is -2.11. The predicted octanol–water partition coefficient (Wildman–Crippen LogP) is 0.976. The van der Waals surface area contributed by atoms with Crippen molar-refractivity contribution in [2.45, 2.75) is 19.8 Å². The maximum absolute atomic E-state index is 11.4. The molecule has 2 heterocycles. The van der Waals surface area contributed by atoms with E-state index in [1.165, 1.54) is 0 Å². The van der Waals surface area contributed by atoms with Crippen LogP contribution in [0.2, 0.25) is 0 Å². The Balaban J connectivity index is 1.52. The number of hydrogen-bond donors (Lipinski definition) is 2. The van der Waals surface area contributed by atoms with Crippen molar-refractivity contribution in [2.24, 2.45) is 5.92 Å². The van der Waals surface area contributed by atoms with Crippen LogP contribution in [0.4, 0.5) is 5.95 Å². The second-order valence-corrected chi connectivity index (χ2v) is 4.94. The van der Waals surface area contributed by atoms with E-state index in [-0.39, 0.29) is 11.8 Å². The van der Waals surface area contributed by atoms with Crippen molar-refractivity contribution >= 4 is 17.5 Å². The van der Waals surface area contributed by atoms with E-state index in [9.17, 15) is 4.79 Å². The SMILES string of the molecule is Cc1ccc2nc(NCCNC(=O)C3CC3)nn2c1. The van der Waals surface area contributed by atoms with Gasteiger partial charge in [-0.3, -0.25) is 4.79 Å². The molecule has 0 unspecified atom stereocenters. The topological polar surface area (TPSA) is 71.3 Å². The Bertz CT molecular complexity index is 602. The number of anilines is 1. The maximum atomic E-state index is 11.4. The lowest BCUT2D eigenvalue weighted by atomic mass is 10.3. The number of carbonyl (C=O) groups is 1. The first-order valence-corrected chi connectivity index (χ1v) is 6.57. The molecule has 6 heteroatoms. The fourth-order valence-electron chi connectivity index (χ4n) is 1.91. The van der Waals surface area contributed by atoms with Crippen LogP contribution < -0.4 is 10.6 Å². The highest BCUT2D eigenvalue weighted by molar-refractivity contribution is 5.80. The molecule has 0 spiro atoms. The number of hydrogen-bond acceptors (Lipinski definition) is 4. The molecule has 0 saturated heterocycles. The van der Waals surface area contributed by atoms with Crippen LogP contribution in [0.5, 0.6) is 0 Å². The summed E-state index contributed by atoms with van der Waals surface area (Å²) in [7, 11) is 0. The van der Waals surface area contributed by atoms with Crippen molar-refractivity contribution < 1.29 is 4.79 Å². The van der Waals surface area contributed by atoms with Gasteiger partial charge in [0.25, 0.3) is 0 Å². The van der Waals surface area contributed by atoms with Gasteiger partial charge in [-0.1, -0.05) is 6.07 Å². The van der Waals surface area contributed by atoms with Gasteiger partial charge in [0, 0.05) is 25.2 Å². The van der Waals surface area contributed by atoms with Gasteiger partial charge in [-0.05, 0) is 31.4 Å². The van der Waals surface area contributed by atoms with Gasteiger partial charge in [-0.25, -0.2) is 4.52 Å². The second kappa shape index (κ2) is 4.87. The quantitative estimate of drug-likeness (QED) is 0.785. The average Bonchev–Trinajstić information content (AvgIpc) is 3.16. The minimum absolute atomic E-state index is 0.167. The summed E-state index contributed by atoms with van der Waals surface area (Å²) in [4.78, 5) is 15.8. The van der Waals surface area contributed by atoms with Gasteiger partial charge in [0.2, 0.25) is 11.9 Å². The minimum atomic E-state index is 0.167. The van der Waals surface area contributed by atoms with E-state index in [4.69, 9.17) is 0 Å². The fraction of sp³-hybridized carbons (Fsp3) is 0.462. The van der Waals surface area contributed by atoms with Crippen LogP contribution >= 0.6 is 0 Å². The summed E-state index contributed by atoms with van der Waals surface area (Å²) in [6.07, 6.45) is 4.00. The number of nitrogens with zero attached hydrogens (tertiary/aromatic N) is 3. The summed E-state index contributed by atoms with van der Waals surface area (Å²) < 4.78 is 1.75. The van der Waals surface area contributed by atoms with Crippen LogP contribution in [0.3, 0.4) is 0 Å². The number of nitrogens with one attached hydrogen (secondary N) is 2. The van der Waals surface area contributed by atoms with Gasteiger partial charge in [0.15, 0.2) is 5.65 Å². The molecule has 2 aromatic rings. The summed E-state index contributed by atoms with van der Waals surface area (Å²) in [6.45, 7) is 3.25. The Labute approximate surface area is 111 Å². The molecule has 1 aliphatic rings. The summed E-state index contributed by atoms with van der Waals surface area (Å²) >= 11 is 0. The summed E-state index contributed by atoms with van der Waals surface area (Å²) in [5.74, 6) is 1.02. The molecule has 100 valence electrons. The number of carbonyl (C=O) groups excluding carboxylic acids is 1. The number of fused-ring (bicyclic) bond motifs is 1. The highest BCUT2D eigenvalue weighted by Gasteiger charge is 2.28. The highest BCUT2D eigenvalue weighted by Crippen LogP contribution is 2.28. The zero-order chi connectivity index (χ0) is 13.2. The Morgan fingerprint density at radius 1 is 1.42 bits per heavy atom. The summed E-state index contributed by atoms with van der Waals surface area (Å²) in [5, 5.41) is 10.3. The van der Waals surface area contributed by atoms with Crippen molar-refractivity contribution in [1.29, 1.82) is 0 Å². The first kappa shape index (κ1) is 12.0. The van der Waals surface area contributed by atoms with E-state index in [1.807, 2.05) is 25.3 Å². The number of amides is 1. The lowest BCUT2D eigenvalue weighted by Gasteiger charge is -2.03. The van der Waals surface area contributed by atoms with Crippen LogP contribution in [0.25, 0.3) is 5.65 Å². The van der Waals surface area contributed by atoms with Gasteiger partial charge >= 0.3 is 0 Å². The first-order valence-electron chi connectivity index (χ1n) is 6.57. The zero-order valence-corrected chi connectivity index (χ0v) is 10.9. The molecule has 6 nitrogen and oxygen atoms in total. The second-order valence-electron chi connectivity index (χ2n) is 4.94. The molecule has 1 saturated carbocycles. The molecule has 1 fully saturated rings.